The molecule has 0 radical (unpaired) electrons. The van der Waals surface area contributed by atoms with Gasteiger partial charge >= 0.3 is 17.9 Å². The Labute approximate surface area is 193 Å². The highest BCUT2D eigenvalue weighted by molar-refractivity contribution is 7.80. The van der Waals surface area contributed by atoms with Crippen molar-refractivity contribution in [2.45, 2.75) is 56.3 Å². The Morgan fingerprint density at radius 2 is 1.24 bits per heavy atom. The smallest absolute Gasteiger partial charge is 0.327 e. The van der Waals surface area contributed by atoms with Crippen LogP contribution < -0.4 is 27.4 Å². The molecule has 0 aliphatic carbocycles. The highest BCUT2D eigenvalue weighted by Crippen LogP contribution is 2.04. The minimum atomic E-state index is -1.71. The number of carbonyl (C=O) groups excluding carboxylic acids is 4. The van der Waals surface area contributed by atoms with E-state index in [9.17, 15) is 33.6 Å². The topological polar surface area (TPSA) is 268 Å². The Hall–Kier alpha value is -3.40. The molecular formula is C17H27N5O10S. The number of primary amides is 1. The first-order chi connectivity index (χ1) is 15.3. The van der Waals surface area contributed by atoms with Crippen LogP contribution in [0.4, 0.5) is 0 Å². The molecule has 0 aliphatic rings. The summed E-state index contributed by atoms with van der Waals surface area (Å²) in [6, 6.07) is -5.99. The number of hydrogen-bond acceptors (Lipinski definition) is 9. The number of thiol groups is 1. The standard InChI is InChI=1S/C17H27N5O10S/c18-7(1-4-12(24)25)14(28)21-9(5-13(26)27)16(30)20-8(2-3-11(19)23)15(29)22-10(6-33)17(31)32/h7-10,33H,1-6,18H2,(H2,19,23)(H,20,30)(H,21,28)(H,22,29)(H,24,25)(H,26,27)(H,31,32). The summed E-state index contributed by atoms with van der Waals surface area (Å²) < 4.78 is 0. The molecule has 0 aliphatic heterocycles. The number of rotatable bonds is 16. The van der Waals surface area contributed by atoms with E-state index < -0.39 is 78.5 Å². The number of carbonyl (C=O) groups is 7. The van der Waals surface area contributed by atoms with Gasteiger partial charge in [-0.3, -0.25) is 28.8 Å². The number of aliphatic carboxylic acids is 3. The molecule has 4 unspecified atom stereocenters. The predicted octanol–water partition coefficient (Wildman–Crippen LogP) is -3.61. The molecule has 0 fully saturated rings. The molecule has 0 saturated carbocycles. The Morgan fingerprint density at radius 1 is 0.727 bits per heavy atom. The second-order valence-corrected chi connectivity index (χ2v) is 7.21. The SMILES string of the molecule is NC(=O)CCC(NC(=O)C(CC(=O)O)NC(=O)C(N)CCC(=O)O)C(=O)NC(CS)C(=O)O. The summed E-state index contributed by atoms with van der Waals surface area (Å²) in [7, 11) is 0. The molecule has 33 heavy (non-hydrogen) atoms. The summed E-state index contributed by atoms with van der Waals surface area (Å²) in [5, 5.41) is 33.0. The van der Waals surface area contributed by atoms with Gasteiger partial charge in [-0.2, -0.15) is 12.6 Å². The van der Waals surface area contributed by atoms with Crippen molar-refractivity contribution in [3.05, 3.63) is 0 Å². The van der Waals surface area contributed by atoms with Crippen molar-refractivity contribution in [2.24, 2.45) is 11.5 Å². The fourth-order valence-electron chi connectivity index (χ4n) is 2.36. The molecule has 0 heterocycles. The molecular weight excluding hydrogens is 466 g/mol. The largest absolute Gasteiger partial charge is 0.481 e. The first-order valence-electron chi connectivity index (χ1n) is 9.50. The van der Waals surface area contributed by atoms with Crippen molar-refractivity contribution < 1.29 is 48.9 Å². The van der Waals surface area contributed by atoms with Gasteiger partial charge in [0.15, 0.2) is 0 Å². The average molecular weight is 493 g/mol. The van der Waals surface area contributed by atoms with Gasteiger partial charge in [0.05, 0.1) is 12.5 Å². The molecule has 4 amide bonds. The summed E-state index contributed by atoms with van der Waals surface area (Å²) in [4.78, 5) is 81.1. The van der Waals surface area contributed by atoms with E-state index in [1.807, 2.05) is 0 Å². The summed E-state index contributed by atoms with van der Waals surface area (Å²) in [5.41, 5.74) is 10.6. The number of hydrogen-bond donors (Lipinski definition) is 9. The van der Waals surface area contributed by atoms with Gasteiger partial charge in [0.1, 0.15) is 18.1 Å². The maximum atomic E-state index is 12.6. The Bertz CT molecular complexity index is 777. The van der Waals surface area contributed by atoms with Crippen molar-refractivity contribution in [1.29, 1.82) is 0 Å². The summed E-state index contributed by atoms with van der Waals surface area (Å²) >= 11 is 3.79. The molecule has 0 spiro atoms. The zero-order chi connectivity index (χ0) is 25.7. The van der Waals surface area contributed by atoms with Crippen molar-refractivity contribution >= 4 is 54.2 Å². The number of nitrogens with two attached hydrogens (primary N) is 2. The highest BCUT2D eigenvalue weighted by atomic mass is 32.1. The predicted molar refractivity (Wildman–Crippen MR) is 113 cm³/mol. The van der Waals surface area contributed by atoms with E-state index in [1.54, 1.807) is 0 Å². The van der Waals surface area contributed by atoms with E-state index in [0.717, 1.165) is 0 Å². The maximum Gasteiger partial charge on any atom is 0.327 e. The van der Waals surface area contributed by atoms with Gasteiger partial charge in [-0.15, -0.1) is 0 Å². The van der Waals surface area contributed by atoms with Crippen LogP contribution >= 0.6 is 12.6 Å². The lowest BCUT2D eigenvalue weighted by atomic mass is 10.1. The molecule has 0 aromatic carbocycles. The monoisotopic (exact) mass is 493 g/mol. The fraction of sp³-hybridized carbons (Fsp3) is 0.588. The Morgan fingerprint density at radius 3 is 1.70 bits per heavy atom. The zero-order valence-corrected chi connectivity index (χ0v) is 18.2. The summed E-state index contributed by atoms with van der Waals surface area (Å²) in [6.45, 7) is 0. The quantitative estimate of drug-likeness (QED) is 0.0947. The van der Waals surface area contributed by atoms with E-state index in [4.69, 9.17) is 26.8 Å². The van der Waals surface area contributed by atoms with E-state index in [1.165, 1.54) is 0 Å². The Balaban J connectivity index is 5.47. The molecule has 10 N–H and O–H groups in total. The third kappa shape index (κ3) is 12.3. The molecule has 4 atom stereocenters. The van der Waals surface area contributed by atoms with Crippen molar-refractivity contribution in [3.8, 4) is 0 Å². The van der Waals surface area contributed by atoms with Crippen LogP contribution in [0, 0.1) is 0 Å². The third-order valence-corrected chi connectivity index (χ3v) is 4.49. The van der Waals surface area contributed by atoms with Crippen molar-refractivity contribution in [1.82, 2.24) is 16.0 Å². The van der Waals surface area contributed by atoms with E-state index in [-0.39, 0.29) is 25.0 Å². The van der Waals surface area contributed by atoms with Crippen LogP contribution in [0.15, 0.2) is 0 Å². The fourth-order valence-corrected chi connectivity index (χ4v) is 2.61. The first-order valence-corrected chi connectivity index (χ1v) is 10.1. The zero-order valence-electron chi connectivity index (χ0n) is 17.4. The van der Waals surface area contributed by atoms with Crippen LogP contribution in [0.1, 0.15) is 32.1 Å². The van der Waals surface area contributed by atoms with Gasteiger partial charge in [-0.1, -0.05) is 0 Å². The van der Waals surface area contributed by atoms with Crippen LogP contribution in [0.2, 0.25) is 0 Å². The van der Waals surface area contributed by atoms with E-state index in [0.29, 0.717) is 0 Å². The lowest BCUT2D eigenvalue weighted by Crippen LogP contribution is -2.57. The molecule has 186 valence electrons. The molecule has 0 bridgehead atoms. The highest BCUT2D eigenvalue weighted by Gasteiger charge is 2.31. The third-order valence-electron chi connectivity index (χ3n) is 4.13. The van der Waals surface area contributed by atoms with Crippen LogP contribution in [0.3, 0.4) is 0 Å². The van der Waals surface area contributed by atoms with Crippen LogP contribution in [0.5, 0.6) is 0 Å². The number of amides is 4. The van der Waals surface area contributed by atoms with Crippen LogP contribution in [-0.4, -0.2) is 86.8 Å². The normalized spacial score (nSPS) is 14.1. The summed E-state index contributed by atoms with van der Waals surface area (Å²) in [5.74, 6) is -8.39. The van der Waals surface area contributed by atoms with Gasteiger partial charge < -0.3 is 42.7 Å². The van der Waals surface area contributed by atoms with Gasteiger partial charge in [0.2, 0.25) is 23.6 Å². The molecule has 0 aromatic heterocycles. The van der Waals surface area contributed by atoms with Gasteiger partial charge in [-0.25, -0.2) is 4.79 Å². The van der Waals surface area contributed by atoms with E-state index >= 15 is 0 Å². The van der Waals surface area contributed by atoms with Gasteiger partial charge in [0, 0.05) is 18.6 Å². The van der Waals surface area contributed by atoms with Gasteiger partial charge in [-0.05, 0) is 12.8 Å². The van der Waals surface area contributed by atoms with E-state index in [2.05, 4.69) is 28.6 Å². The second kappa shape index (κ2) is 14.6. The van der Waals surface area contributed by atoms with Crippen LogP contribution in [-0.2, 0) is 33.6 Å². The molecule has 0 saturated heterocycles. The molecule has 0 rings (SSSR count). The molecule has 16 heteroatoms. The lowest BCUT2D eigenvalue weighted by Gasteiger charge is -2.24. The van der Waals surface area contributed by atoms with Crippen molar-refractivity contribution in [3.63, 3.8) is 0 Å². The average Bonchev–Trinajstić information content (AvgIpc) is 2.71. The minimum absolute atomic E-state index is 0.285. The Kier molecular flexibility index (Phi) is 13.1. The van der Waals surface area contributed by atoms with Crippen molar-refractivity contribution in [2.75, 3.05) is 5.75 Å². The number of carboxylic acid groups (broad SMARTS) is 3. The minimum Gasteiger partial charge on any atom is -0.481 e. The second-order valence-electron chi connectivity index (χ2n) is 6.85. The maximum absolute atomic E-state index is 12.6. The van der Waals surface area contributed by atoms with Crippen LogP contribution in [0.25, 0.3) is 0 Å². The summed E-state index contributed by atoms with van der Waals surface area (Å²) in [6.07, 6.45) is -2.38. The number of nitrogens with one attached hydrogen (secondary N) is 3. The first kappa shape index (κ1) is 29.6. The molecule has 0 aromatic rings. The molecule has 15 nitrogen and oxygen atoms in total. The lowest BCUT2D eigenvalue weighted by molar-refractivity contribution is -0.143. The number of carboxylic acids is 3. The van der Waals surface area contributed by atoms with Gasteiger partial charge in [0.25, 0.3) is 0 Å².